The molecule has 0 spiro atoms. The summed E-state index contributed by atoms with van der Waals surface area (Å²) < 4.78 is 5.37. The molecule has 2 aromatic rings. The second kappa shape index (κ2) is 6.37. The van der Waals surface area contributed by atoms with Crippen molar-refractivity contribution >= 4 is 18.4 Å². The van der Waals surface area contributed by atoms with E-state index in [1.165, 1.54) is 11.1 Å². The summed E-state index contributed by atoms with van der Waals surface area (Å²) in [6, 6.07) is 8.84. The molecule has 5 nitrogen and oxygen atoms in total. The highest BCUT2D eigenvalue weighted by Crippen LogP contribution is 2.13. The lowest BCUT2D eigenvalue weighted by Crippen LogP contribution is -2.16. The van der Waals surface area contributed by atoms with Crippen molar-refractivity contribution in [3.8, 4) is 0 Å². The molecule has 0 atom stereocenters. The zero-order valence-corrected chi connectivity index (χ0v) is 11.3. The summed E-state index contributed by atoms with van der Waals surface area (Å²) in [5.41, 5.74) is 7.87. The molecule has 0 saturated heterocycles. The second-order valence-corrected chi connectivity index (χ2v) is 4.02. The van der Waals surface area contributed by atoms with Gasteiger partial charge in [0.25, 0.3) is 0 Å². The van der Waals surface area contributed by atoms with Crippen molar-refractivity contribution in [3.05, 3.63) is 41.3 Å². The van der Waals surface area contributed by atoms with Crippen LogP contribution >= 0.6 is 12.4 Å². The molecule has 0 aliphatic carbocycles. The number of benzene rings is 1. The second-order valence-electron chi connectivity index (χ2n) is 4.02. The summed E-state index contributed by atoms with van der Waals surface area (Å²) in [4.78, 5) is 1.90. The van der Waals surface area contributed by atoms with Crippen LogP contribution in [0.15, 0.2) is 28.7 Å². The Kier molecular flexibility index (Phi) is 5.12. The van der Waals surface area contributed by atoms with E-state index >= 15 is 0 Å². The fraction of sp³-hybridized carbons (Fsp3) is 0.333. The molecule has 0 unspecified atom stereocenters. The predicted molar refractivity (Wildman–Crippen MR) is 72.7 cm³/mol. The Labute approximate surface area is 112 Å². The van der Waals surface area contributed by atoms with Gasteiger partial charge in [0.2, 0.25) is 5.89 Å². The molecule has 0 amide bonds. The van der Waals surface area contributed by atoms with Crippen LogP contribution in [0.5, 0.6) is 0 Å². The number of halogens is 1. The number of rotatable bonds is 4. The Morgan fingerprint density at radius 2 is 1.89 bits per heavy atom. The van der Waals surface area contributed by atoms with E-state index in [0.717, 1.165) is 6.54 Å². The van der Waals surface area contributed by atoms with Crippen molar-refractivity contribution < 1.29 is 4.42 Å². The van der Waals surface area contributed by atoms with Crippen LogP contribution in [0.1, 0.15) is 17.0 Å². The molecule has 0 saturated carbocycles. The van der Waals surface area contributed by atoms with Gasteiger partial charge in [-0.3, -0.25) is 0 Å². The van der Waals surface area contributed by atoms with E-state index in [0.29, 0.717) is 11.9 Å². The quantitative estimate of drug-likeness (QED) is 0.917. The molecule has 0 bridgehead atoms. The summed E-state index contributed by atoms with van der Waals surface area (Å²) in [5.74, 6) is 0.454. The molecule has 0 aliphatic rings. The summed E-state index contributed by atoms with van der Waals surface area (Å²) in [7, 11) is 1.91. The minimum atomic E-state index is 0. The highest BCUT2D eigenvalue weighted by Gasteiger charge is 2.09. The van der Waals surface area contributed by atoms with E-state index in [-0.39, 0.29) is 19.0 Å². The molecule has 18 heavy (non-hydrogen) atoms. The van der Waals surface area contributed by atoms with Crippen LogP contribution in [0.25, 0.3) is 0 Å². The first-order chi connectivity index (χ1) is 8.19. The monoisotopic (exact) mass is 268 g/mol. The van der Waals surface area contributed by atoms with Crippen LogP contribution in [0.2, 0.25) is 0 Å². The number of aryl methyl sites for hydroxylation is 1. The standard InChI is InChI=1S/C12H16N4O.ClH/c1-9-3-5-10(6-4-9)8-16(2)12-15-14-11(7-13)17-12;/h3-6H,7-8,13H2,1-2H3;1H. The van der Waals surface area contributed by atoms with Crippen LogP contribution in [0.3, 0.4) is 0 Å². The highest BCUT2D eigenvalue weighted by molar-refractivity contribution is 5.85. The Morgan fingerprint density at radius 3 is 2.44 bits per heavy atom. The van der Waals surface area contributed by atoms with Crippen LogP contribution < -0.4 is 10.6 Å². The van der Waals surface area contributed by atoms with Gasteiger partial charge >= 0.3 is 6.01 Å². The first kappa shape index (κ1) is 14.5. The molecule has 2 N–H and O–H groups in total. The number of nitrogens with zero attached hydrogens (tertiary/aromatic N) is 3. The van der Waals surface area contributed by atoms with E-state index in [1.54, 1.807) is 0 Å². The summed E-state index contributed by atoms with van der Waals surface area (Å²) >= 11 is 0. The van der Waals surface area contributed by atoms with Crippen molar-refractivity contribution in [3.63, 3.8) is 0 Å². The fourth-order valence-corrected chi connectivity index (χ4v) is 1.52. The summed E-state index contributed by atoms with van der Waals surface area (Å²) in [5, 5.41) is 7.76. The van der Waals surface area contributed by atoms with E-state index in [9.17, 15) is 0 Å². The summed E-state index contributed by atoms with van der Waals surface area (Å²) in [6.45, 7) is 3.07. The minimum absolute atomic E-state index is 0. The number of nitrogens with two attached hydrogens (primary N) is 1. The van der Waals surface area contributed by atoms with Crippen LogP contribution in [-0.2, 0) is 13.1 Å². The van der Waals surface area contributed by atoms with Gasteiger partial charge in [-0.15, -0.1) is 17.5 Å². The average molecular weight is 269 g/mol. The SMILES string of the molecule is Cc1ccc(CN(C)c2nnc(CN)o2)cc1.Cl. The van der Waals surface area contributed by atoms with Crippen molar-refractivity contribution in [2.24, 2.45) is 5.73 Å². The van der Waals surface area contributed by atoms with Gasteiger partial charge in [0, 0.05) is 13.6 Å². The van der Waals surface area contributed by atoms with E-state index < -0.39 is 0 Å². The number of hydrogen-bond donors (Lipinski definition) is 1. The van der Waals surface area contributed by atoms with Gasteiger partial charge in [-0.25, -0.2) is 0 Å². The molecule has 0 aliphatic heterocycles. The average Bonchev–Trinajstić information content (AvgIpc) is 2.81. The molecule has 0 fully saturated rings. The smallest absolute Gasteiger partial charge is 0.318 e. The number of aromatic nitrogens is 2. The molecule has 1 aromatic carbocycles. The van der Waals surface area contributed by atoms with E-state index in [1.807, 2.05) is 11.9 Å². The number of anilines is 1. The maximum absolute atomic E-state index is 5.42. The molecule has 2 rings (SSSR count). The normalized spacial score (nSPS) is 9.94. The van der Waals surface area contributed by atoms with Gasteiger partial charge in [0.15, 0.2) is 0 Å². The minimum Gasteiger partial charge on any atom is -0.407 e. The Balaban J connectivity index is 0.00000162. The van der Waals surface area contributed by atoms with Gasteiger partial charge in [-0.1, -0.05) is 34.9 Å². The lowest BCUT2D eigenvalue weighted by molar-refractivity contribution is 0.491. The highest BCUT2D eigenvalue weighted by atomic mass is 35.5. The number of hydrogen-bond acceptors (Lipinski definition) is 5. The third-order valence-electron chi connectivity index (χ3n) is 2.50. The van der Waals surface area contributed by atoms with Gasteiger partial charge in [-0.05, 0) is 12.5 Å². The van der Waals surface area contributed by atoms with Crippen molar-refractivity contribution in [2.45, 2.75) is 20.0 Å². The lowest BCUT2D eigenvalue weighted by atomic mass is 10.1. The van der Waals surface area contributed by atoms with Crippen LogP contribution in [0.4, 0.5) is 6.01 Å². The van der Waals surface area contributed by atoms with E-state index in [2.05, 4.69) is 41.4 Å². The first-order valence-corrected chi connectivity index (χ1v) is 5.48. The zero-order valence-electron chi connectivity index (χ0n) is 10.5. The summed E-state index contributed by atoms with van der Waals surface area (Å²) in [6.07, 6.45) is 0. The molecule has 6 heteroatoms. The van der Waals surface area contributed by atoms with Crippen LogP contribution in [-0.4, -0.2) is 17.2 Å². The van der Waals surface area contributed by atoms with Crippen molar-refractivity contribution in [2.75, 3.05) is 11.9 Å². The molecule has 98 valence electrons. The Bertz CT molecular complexity index is 483. The molecule has 1 heterocycles. The first-order valence-electron chi connectivity index (χ1n) is 5.48. The molecule has 0 radical (unpaired) electrons. The zero-order chi connectivity index (χ0) is 12.3. The third kappa shape index (κ3) is 3.45. The lowest BCUT2D eigenvalue weighted by Gasteiger charge is -2.13. The maximum Gasteiger partial charge on any atom is 0.318 e. The topological polar surface area (TPSA) is 68.2 Å². The maximum atomic E-state index is 5.42. The van der Waals surface area contributed by atoms with Gasteiger partial charge in [0.1, 0.15) is 0 Å². The molecule has 1 aromatic heterocycles. The van der Waals surface area contributed by atoms with E-state index in [4.69, 9.17) is 10.2 Å². The van der Waals surface area contributed by atoms with Gasteiger partial charge in [0.05, 0.1) is 6.54 Å². The Morgan fingerprint density at radius 1 is 1.22 bits per heavy atom. The Hall–Kier alpha value is -1.59. The van der Waals surface area contributed by atoms with Crippen molar-refractivity contribution in [1.29, 1.82) is 0 Å². The molecular weight excluding hydrogens is 252 g/mol. The predicted octanol–water partition coefficient (Wildman–Crippen LogP) is 1.89. The van der Waals surface area contributed by atoms with Gasteiger partial charge < -0.3 is 15.1 Å². The largest absolute Gasteiger partial charge is 0.407 e. The van der Waals surface area contributed by atoms with Gasteiger partial charge in [-0.2, -0.15) is 0 Å². The molecular formula is C12H17ClN4O. The van der Waals surface area contributed by atoms with Crippen LogP contribution in [0, 0.1) is 6.92 Å². The fourth-order valence-electron chi connectivity index (χ4n) is 1.52. The van der Waals surface area contributed by atoms with Crippen molar-refractivity contribution in [1.82, 2.24) is 10.2 Å². The third-order valence-corrected chi connectivity index (χ3v) is 2.50.